The Labute approximate surface area is 101 Å². The number of hydrogen-bond acceptors (Lipinski definition) is 3. The highest BCUT2D eigenvalue weighted by Crippen LogP contribution is 2.20. The lowest BCUT2D eigenvalue weighted by atomic mass is 9.95. The molecule has 1 aliphatic rings. The third-order valence-electron chi connectivity index (χ3n) is 3.56. The van der Waals surface area contributed by atoms with E-state index in [4.69, 9.17) is 4.74 Å². The summed E-state index contributed by atoms with van der Waals surface area (Å²) in [6, 6.07) is 1.22. The monoisotopic (exact) mass is 228 g/mol. The number of likely N-dealkylation sites (tertiary alicyclic amines) is 1. The zero-order valence-corrected chi connectivity index (χ0v) is 11.3. The smallest absolute Gasteiger partial charge is 0.0613 e. The van der Waals surface area contributed by atoms with E-state index < -0.39 is 0 Å². The molecule has 1 saturated heterocycles. The van der Waals surface area contributed by atoms with Crippen molar-refractivity contribution < 1.29 is 4.74 Å². The third-order valence-corrected chi connectivity index (χ3v) is 3.56. The first kappa shape index (κ1) is 13.9. The van der Waals surface area contributed by atoms with Crippen LogP contribution < -0.4 is 5.32 Å². The molecule has 3 unspecified atom stereocenters. The Morgan fingerprint density at radius 3 is 2.81 bits per heavy atom. The second-order valence-electron chi connectivity index (χ2n) is 5.34. The maximum absolute atomic E-state index is 5.11. The highest BCUT2D eigenvalue weighted by Gasteiger charge is 2.22. The minimum atomic E-state index is 0.461. The molecule has 1 heterocycles. The maximum Gasteiger partial charge on any atom is 0.0613 e. The lowest BCUT2D eigenvalue weighted by Crippen LogP contribution is -2.45. The molecule has 0 spiro atoms. The van der Waals surface area contributed by atoms with Gasteiger partial charge in [0, 0.05) is 38.8 Å². The first-order valence-electron chi connectivity index (χ1n) is 6.59. The van der Waals surface area contributed by atoms with Crippen LogP contribution in [0.3, 0.4) is 0 Å². The van der Waals surface area contributed by atoms with Gasteiger partial charge in [-0.15, -0.1) is 0 Å². The molecule has 96 valence electrons. The highest BCUT2D eigenvalue weighted by atomic mass is 16.5. The average molecular weight is 228 g/mol. The first-order valence-corrected chi connectivity index (χ1v) is 6.59. The van der Waals surface area contributed by atoms with E-state index in [0.29, 0.717) is 6.04 Å². The van der Waals surface area contributed by atoms with E-state index in [9.17, 15) is 0 Å². The molecule has 0 aromatic carbocycles. The summed E-state index contributed by atoms with van der Waals surface area (Å²) in [5.41, 5.74) is 0. The van der Waals surface area contributed by atoms with E-state index in [2.05, 4.69) is 31.0 Å². The van der Waals surface area contributed by atoms with Crippen LogP contribution in [-0.2, 0) is 4.74 Å². The van der Waals surface area contributed by atoms with E-state index in [1.54, 1.807) is 7.11 Å². The van der Waals surface area contributed by atoms with Crippen molar-refractivity contribution in [2.45, 2.75) is 45.7 Å². The van der Waals surface area contributed by atoms with Crippen LogP contribution in [0.4, 0.5) is 0 Å². The van der Waals surface area contributed by atoms with Crippen molar-refractivity contribution in [2.24, 2.45) is 5.92 Å². The molecule has 1 fully saturated rings. The zero-order valence-electron chi connectivity index (χ0n) is 11.3. The van der Waals surface area contributed by atoms with Crippen LogP contribution in [0, 0.1) is 5.92 Å². The van der Waals surface area contributed by atoms with Crippen LogP contribution >= 0.6 is 0 Å². The van der Waals surface area contributed by atoms with Crippen LogP contribution in [0.1, 0.15) is 33.6 Å². The van der Waals surface area contributed by atoms with Gasteiger partial charge in [-0.1, -0.05) is 6.92 Å². The van der Waals surface area contributed by atoms with Gasteiger partial charge >= 0.3 is 0 Å². The minimum absolute atomic E-state index is 0.461. The molecule has 0 aliphatic carbocycles. The summed E-state index contributed by atoms with van der Waals surface area (Å²) >= 11 is 0. The first-order chi connectivity index (χ1) is 7.63. The van der Waals surface area contributed by atoms with Crippen LogP contribution in [-0.4, -0.2) is 50.3 Å². The van der Waals surface area contributed by atoms with Crippen LogP contribution in [0.5, 0.6) is 0 Å². The van der Waals surface area contributed by atoms with Gasteiger partial charge in [0.25, 0.3) is 0 Å². The van der Waals surface area contributed by atoms with Gasteiger partial charge in [0.2, 0.25) is 0 Å². The van der Waals surface area contributed by atoms with E-state index >= 15 is 0 Å². The van der Waals surface area contributed by atoms with Crippen LogP contribution in [0.15, 0.2) is 0 Å². The Morgan fingerprint density at radius 1 is 1.38 bits per heavy atom. The second-order valence-corrected chi connectivity index (χ2v) is 5.34. The number of rotatable bonds is 6. The molecule has 0 amide bonds. The molecule has 0 aromatic heterocycles. The summed E-state index contributed by atoms with van der Waals surface area (Å²) in [4.78, 5) is 2.61. The Hall–Kier alpha value is -0.120. The number of nitrogens with zero attached hydrogens (tertiary/aromatic N) is 1. The Morgan fingerprint density at radius 2 is 2.12 bits per heavy atom. The van der Waals surface area contributed by atoms with Crippen molar-refractivity contribution >= 4 is 0 Å². The fraction of sp³-hybridized carbons (Fsp3) is 1.00. The van der Waals surface area contributed by atoms with Crippen molar-refractivity contribution in [1.29, 1.82) is 0 Å². The summed E-state index contributed by atoms with van der Waals surface area (Å²) in [5, 5.41) is 3.50. The van der Waals surface area contributed by atoms with Gasteiger partial charge in [0.05, 0.1) is 6.61 Å². The summed E-state index contributed by atoms with van der Waals surface area (Å²) in [6.45, 7) is 11.2. The van der Waals surface area contributed by atoms with Gasteiger partial charge in [0.1, 0.15) is 0 Å². The number of hydrogen-bond donors (Lipinski definition) is 1. The molecular weight excluding hydrogens is 200 g/mol. The maximum atomic E-state index is 5.11. The summed E-state index contributed by atoms with van der Waals surface area (Å²) in [6.07, 6.45) is 2.75. The highest BCUT2D eigenvalue weighted by molar-refractivity contribution is 4.77. The van der Waals surface area contributed by atoms with Gasteiger partial charge < -0.3 is 10.1 Å². The normalized spacial score (nSPS) is 29.2. The molecule has 3 nitrogen and oxygen atoms in total. The standard InChI is InChI=1S/C13H28N2O/c1-11-5-6-13(3)15(9-11)8-7-14-12(2)10-16-4/h11-14H,5-10H2,1-4H3. The van der Waals surface area contributed by atoms with Gasteiger partial charge in [0.15, 0.2) is 0 Å². The molecule has 0 aromatic rings. The molecular formula is C13H28N2O. The Kier molecular flexibility index (Phi) is 6.32. The second kappa shape index (κ2) is 7.25. The molecule has 3 atom stereocenters. The quantitative estimate of drug-likeness (QED) is 0.749. The van der Waals surface area contributed by atoms with Crippen molar-refractivity contribution in [3.63, 3.8) is 0 Å². The van der Waals surface area contributed by atoms with Gasteiger partial charge in [-0.3, -0.25) is 4.90 Å². The molecule has 0 bridgehead atoms. The predicted octanol–water partition coefficient (Wildman–Crippen LogP) is 1.73. The van der Waals surface area contributed by atoms with E-state index in [0.717, 1.165) is 25.1 Å². The van der Waals surface area contributed by atoms with Crippen molar-refractivity contribution in [1.82, 2.24) is 10.2 Å². The molecule has 16 heavy (non-hydrogen) atoms. The number of piperidine rings is 1. The van der Waals surface area contributed by atoms with E-state index in [-0.39, 0.29) is 0 Å². The molecule has 0 saturated carbocycles. The fourth-order valence-corrected chi connectivity index (χ4v) is 2.46. The van der Waals surface area contributed by atoms with Crippen LogP contribution in [0.2, 0.25) is 0 Å². The summed E-state index contributed by atoms with van der Waals surface area (Å²) < 4.78 is 5.11. The fourth-order valence-electron chi connectivity index (χ4n) is 2.46. The predicted molar refractivity (Wildman–Crippen MR) is 68.8 cm³/mol. The lowest BCUT2D eigenvalue weighted by Gasteiger charge is -2.37. The molecule has 3 heteroatoms. The summed E-state index contributed by atoms with van der Waals surface area (Å²) in [7, 11) is 1.76. The Balaban J connectivity index is 2.15. The molecule has 1 rings (SSSR count). The van der Waals surface area contributed by atoms with E-state index in [1.165, 1.54) is 25.9 Å². The number of ether oxygens (including phenoxy) is 1. The zero-order chi connectivity index (χ0) is 12.0. The average Bonchev–Trinajstić information content (AvgIpc) is 2.23. The Bertz CT molecular complexity index is 187. The van der Waals surface area contributed by atoms with Gasteiger partial charge in [-0.25, -0.2) is 0 Å². The van der Waals surface area contributed by atoms with Crippen molar-refractivity contribution in [3.8, 4) is 0 Å². The summed E-state index contributed by atoms with van der Waals surface area (Å²) in [5.74, 6) is 0.868. The third kappa shape index (κ3) is 4.81. The van der Waals surface area contributed by atoms with Gasteiger partial charge in [-0.05, 0) is 32.6 Å². The SMILES string of the molecule is COCC(C)NCCN1CC(C)CCC1C. The van der Waals surface area contributed by atoms with E-state index in [1.807, 2.05) is 0 Å². The van der Waals surface area contributed by atoms with Crippen molar-refractivity contribution in [3.05, 3.63) is 0 Å². The van der Waals surface area contributed by atoms with Gasteiger partial charge in [-0.2, -0.15) is 0 Å². The minimum Gasteiger partial charge on any atom is -0.383 e. The lowest BCUT2D eigenvalue weighted by molar-refractivity contribution is 0.120. The molecule has 0 radical (unpaired) electrons. The topological polar surface area (TPSA) is 24.5 Å². The largest absolute Gasteiger partial charge is 0.383 e. The van der Waals surface area contributed by atoms with Crippen LogP contribution in [0.25, 0.3) is 0 Å². The van der Waals surface area contributed by atoms with Crippen molar-refractivity contribution in [2.75, 3.05) is 33.4 Å². The number of methoxy groups -OCH3 is 1. The molecule has 1 aliphatic heterocycles. The number of nitrogens with one attached hydrogen (secondary N) is 1. The molecule has 1 N–H and O–H groups in total.